The maximum Gasteiger partial charge on any atom is 0.338 e. The Labute approximate surface area is 265 Å². The van der Waals surface area contributed by atoms with Crippen LogP contribution in [0.1, 0.15) is 42.1 Å². The minimum atomic E-state index is -0.789. The molecule has 1 aliphatic rings. The van der Waals surface area contributed by atoms with E-state index in [1.165, 1.54) is 20.4 Å². The molecule has 1 heterocycles. The van der Waals surface area contributed by atoms with Gasteiger partial charge in [-0.1, -0.05) is 24.3 Å². The smallest absolute Gasteiger partial charge is 0.338 e. The second-order valence-electron chi connectivity index (χ2n) is 9.76. The summed E-state index contributed by atoms with van der Waals surface area (Å²) in [6, 6.07) is 17.9. The van der Waals surface area contributed by atoms with Crippen molar-refractivity contribution in [1.82, 2.24) is 16.1 Å². The Hall–Kier alpha value is -6.03. The number of urea groups is 1. The lowest BCUT2D eigenvalue weighted by Gasteiger charge is -2.28. The molecular weight excluding hydrogens is 594 g/mol. The predicted octanol–water partition coefficient (Wildman–Crippen LogP) is 3.87. The van der Waals surface area contributed by atoms with E-state index in [1.54, 1.807) is 74.5 Å². The number of allylic oxidation sites excluding steroid dienone is 1. The zero-order chi connectivity index (χ0) is 33.1. The van der Waals surface area contributed by atoms with Gasteiger partial charge in [0.15, 0.2) is 29.6 Å². The Bertz CT molecular complexity index is 1700. The minimum Gasteiger partial charge on any atom is -0.493 e. The van der Waals surface area contributed by atoms with Crippen LogP contribution in [-0.2, 0) is 20.9 Å². The second-order valence-corrected chi connectivity index (χ2v) is 9.76. The Morgan fingerprint density at radius 2 is 1.78 bits per heavy atom. The zero-order valence-corrected chi connectivity index (χ0v) is 25.7. The maximum absolute atomic E-state index is 12.6. The molecule has 3 amide bonds. The van der Waals surface area contributed by atoms with Crippen LogP contribution in [0.4, 0.5) is 4.79 Å². The van der Waals surface area contributed by atoms with Crippen molar-refractivity contribution in [2.45, 2.75) is 26.5 Å². The Balaban J connectivity index is 1.40. The van der Waals surface area contributed by atoms with Gasteiger partial charge < -0.3 is 34.3 Å². The number of para-hydroxylation sites is 1. The van der Waals surface area contributed by atoms with Crippen LogP contribution in [-0.4, -0.2) is 51.6 Å². The number of hydrazone groups is 1. The number of nitrogens with one attached hydrogen (secondary N) is 3. The number of nitrogens with zero attached hydrogens (tertiary/aromatic N) is 2. The molecule has 0 aliphatic carbocycles. The number of ether oxygens (including phenoxy) is 5. The summed E-state index contributed by atoms with van der Waals surface area (Å²) in [6.07, 6.45) is 1.42. The van der Waals surface area contributed by atoms with Crippen LogP contribution in [0.25, 0.3) is 0 Å². The van der Waals surface area contributed by atoms with Crippen LogP contribution >= 0.6 is 0 Å². The van der Waals surface area contributed by atoms with Crippen LogP contribution < -0.4 is 35.0 Å². The lowest BCUT2D eigenvalue weighted by atomic mass is 9.95. The van der Waals surface area contributed by atoms with Crippen molar-refractivity contribution in [3.8, 4) is 29.1 Å². The Kier molecular flexibility index (Phi) is 11.2. The highest BCUT2D eigenvalue weighted by atomic mass is 16.5. The summed E-state index contributed by atoms with van der Waals surface area (Å²) in [5.41, 5.74) is 5.56. The molecule has 3 aromatic carbocycles. The molecule has 0 fully saturated rings. The molecule has 238 valence electrons. The van der Waals surface area contributed by atoms with Crippen molar-refractivity contribution in [3.05, 3.63) is 94.2 Å². The number of hydrogen-bond donors (Lipinski definition) is 3. The molecule has 0 spiro atoms. The summed E-state index contributed by atoms with van der Waals surface area (Å²) in [5.74, 6) is 0.339. The van der Waals surface area contributed by atoms with Gasteiger partial charge in [0.1, 0.15) is 6.61 Å². The SMILES string of the molecule is CCOC(=O)C1=C(C)NC(=O)N[C@@H]1c1ccc(OCC(=O)N/N=C/c2cccc(OC)c2OCc2ccc(C#N)cc2)c(OC)c1. The fourth-order valence-corrected chi connectivity index (χ4v) is 4.54. The third-order valence-corrected chi connectivity index (χ3v) is 6.73. The van der Waals surface area contributed by atoms with Gasteiger partial charge in [-0.2, -0.15) is 10.4 Å². The molecule has 13 heteroatoms. The minimum absolute atomic E-state index is 0.173. The van der Waals surface area contributed by atoms with Gasteiger partial charge in [-0.05, 0) is 61.4 Å². The first kappa shape index (κ1) is 32.9. The van der Waals surface area contributed by atoms with Crippen LogP contribution in [0.3, 0.4) is 0 Å². The summed E-state index contributed by atoms with van der Waals surface area (Å²) in [5, 5.41) is 18.4. The second kappa shape index (κ2) is 15.6. The van der Waals surface area contributed by atoms with Gasteiger partial charge in [0.25, 0.3) is 5.91 Å². The highest BCUT2D eigenvalue weighted by molar-refractivity contribution is 5.95. The van der Waals surface area contributed by atoms with Gasteiger partial charge >= 0.3 is 12.0 Å². The van der Waals surface area contributed by atoms with Crippen LogP contribution in [0, 0.1) is 11.3 Å². The Morgan fingerprint density at radius 3 is 2.48 bits per heavy atom. The molecule has 13 nitrogen and oxygen atoms in total. The number of methoxy groups -OCH3 is 2. The lowest BCUT2D eigenvalue weighted by Crippen LogP contribution is -2.45. The number of carbonyl (C=O) groups is 3. The first-order valence-electron chi connectivity index (χ1n) is 14.1. The predicted molar refractivity (Wildman–Crippen MR) is 166 cm³/mol. The van der Waals surface area contributed by atoms with E-state index < -0.39 is 23.9 Å². The largest absolute Gasteiger partial charge is 0.493 e. The molecular formula is C33H33N5O8. The molecule has 4 rings (SSSR count). The first-order chi connectivity index (χ1) is 22.3. The molecule has 0 saturated carbocycles. The normalized spacial score (nSPS) is 14.1. The van der Waals surface area contributed by atoms with Gasteiger partial charge in [0.2, 0.25) is 0 Å². The number of hydrogen-bond acceptors (Lipinski definition) is 10. The average Bonchev–Trinajstić information content (AvgIpc) is 3.06. The summed E-state index contributed by atoms with van der Waals surface area (Å²) in [7, 11) is 2.95. The van der Waals surface area contributed by atoms with Crippen molar-refractivity contribution in [2.75, 3.05) is 27.4 Å². The van der Waals surface area contributed by atoms with E-state index in [-0.39, 0.29) is 36.9 Å². The molecule has 0 saturated heterocycles. The molecule has 0 unspecified atom stereocenters. The molecule has 3 aromatic rings. The van der Waals surface area contributed by atoms with Crippen molar-refractivity contribution >= 4 is 24.1 Å². The fourth-order valence-electron chi connectivity index (χ4n) is 4.54. The van der Waals surface area contributed by atoms with Crippen LogP contribution in [0.2, 0.25) is 0 Å². The van der Waals surface area contributed by atoms with Crippen LogP contribution in [0.5, 0.6) is 23.0 Å². The third-order valence-electron chi connectivity index (χ3n) is 6.73. The molecule has 0 bridgehead atoms. The maximum atomic E-state index is 12.6. The van der Waals surface area contributed by atoms with Crippen molar-refractivity contribution in [1.29, 1.82) is 5.26 Å². The number of nitriles is 1. The van der Waals surface area contributed by atoms with Crippen LogP contribution in [0.15, 0.2) is 77.0 Å². The monoisotopic (exact) mass is 627 g/mol. The summed E-state index contributed by atoms with van der Waals surface area (Å²) in [4.78, 5) is 37.4. The number of amides is 3. The van der Waals surface area contributed by atoms with Crippen molar-refractivity contribution < 1.29 is 38.1 Å². The molecule has 0 aromatic heterocycles. The summed E-state index contributed by atoms with van der Waals surface area (Å²) >= 11 is 0. The molecule has 46 heavy (non-hydrogen) atoms. The topological polar surface area (TPSA) is 170 Å². The fraction of sp³-hybridized carbons (Fsp3) is 0.242. The lowest BCUT2D eigenvalue weighted by molar-refractivity contribution is -0.139. The number of carbonyl (C=O) groups excluding carboxylic acids is 3. The standard InChI is InChI=1S/C33H33N5O8/c1-5-44-32(40)29-20(2)36-33(41)37-30(29)23-13-14-25(27(15-23)43-4)45-19-28(39)38-35-17-24-7-6-8-26(42-3)31(24)46-18-22-11-9-21(16-34)10-12-22/h6-15,17,30H,5,18-19H2,1-4H3,(H,38,39)(H2,36,37,41)/b35-17+/t30-/m1/s1. The van der Waals surface area contributed by atoms with E-state index in [0.29, 0.717) is 33.9 Å². The zero-order valence-electron chi connectivity index (χ0n) is 25.7. The van der Waals surface area contributed by atoms with Gasteiger partial charge in [-0.25, -0.2) is 15.0 Å². The number of benzene rings is 3. The van der Waals surface area contributed by atoms with Gasteiger partial charge in [-0.15, -0.1) is 0 Å². The third kappa shape index (κ3) is 8.11. The Morgan fingerprint density at radius 1 is 1.02 bits per heavy atom. The van der Waals surface area contributed by atoms with Gasteiger partial charge in [-0.3, -0.25) is 4.79 Å². The average molecular weight is 628 g/mol. The number of esters is 1. The molecule has 3 N–H and O–H groups in total. The van der Waals surface area contributed by atoms with E-state index >= 15 is 0 Å². The molecule has 1 atom stereocenters. The van der Waals surface area contributed by atoms with Gasteiger partial charge in [0, 0.05) is 11.3 Å². The quantitative estimate of drug-likeness (QED) is 0.145. The van der Waals surface area contributed by atoms with E-state index in [1.807, 2.05) is 0 Å². The van der Waals surface area contributed by atoms with E-state index in [9.17, 15) is 14.4 Å². The summed E-state index contributed by atoms with van der Waals surface area (Å²) < 4.78 is 27.7. The van der Waals surface area contributed by atoms with E-state index in [0.717, 1.165) is 5.56 Å². The van der Waals surface area contributed by atoms with Crippen molar-refractivity contribution in [3.63, 3.8) is 0 Å². The van der Waals surface area contributed by atoms with Crippen molar-refractivity contribution in [2.24, 2.45) is 5.10 Å². The summed E-state index contributed by atoms with van der Waals surface area (Å²) in [6.45, 7) is 3.32. The highest BCUT2D eigenvalue weighted by Gasteiger charge is 2.32. The molecule has 0 radical (unpaired) electrons. The van der Waals surface area contributed by atoms with Gasteiger partial charge in [0.05, 0.1) is 50.3 Å². The van der Waals surface area contributed by atoms with E-state index in [4.69, 9.17) is 28.9 Å². The highest BCUT2D eigenvalue weighted by Crippen LogP contribution is 2.35. The van der Waals surface area contributed by atoms with E-state index in [2.05, 4.69) is 27.2 Å². The number of rotatable bonds is 13. The first-order valence-corrected chi connectivity index (χ1v) is 14.1. The molecule has 1 aliphatic heterocycles.